The van der Waals surface area contributed by atoms with Gasteiger partial charge in [-0.25, -0.2) is 0 Å². The molecule has 90 valence electrons. The van der Waals surface area contributed by atoms with E-state index in [1.165, 1.54) is 12.0 Å². The zero-order chi connectivity index (χ0) is 12.3. The fourth-order valence-electron chi connectivity index (χ4n) is 2.48. The molecule has 0 aromatic heterocycles. The van der Waals surface area contributed by atoms with Gasteiger partial charge in [0.15, 0.2) is 0 Å². The van der Waals surface area contributed by atoms with Crippen LogP contribution in [0.2, 0.25) is 5.02 Å². The van der Waals surface area contributed by atoms with Crippen LogP contribution in [0.15, 0.2) is 24.3 Å². The summed E-state index contributed by atoms with van der Waals surface area (Å²) in [4.78, 5) is 0. The Labute approximate surface area is 105 Å². The van der Waals surface area contributed by atoms with E-state index in [9.17, 15) is 0 Å². The Balaban J connectivity index is 2.93. The summed E-state index contributed by atoms with van der Waals surface area (Å²) in [5.74, 6) is 1.21. The van der Waals surface area contributed by atoms with Crippen LogP contribution in [0.3, 0.4) is 0 Å². The molecule has 0 N–H and O–H groups in total. The standard InChI is InChI=1S/C15H23Cl/c1-11(2)10-15(4,5)12(3)13-8-6-7-9-14(13)16/h6-9,11-12H,10H2,1-5H3. The van der Waals surface area contributed by atoms with E-state index in [2.05, 4.69) is 46.8 Å². The van der Waals surface area contributed by atoms with Crippen LogP contribution >= 0.6 is 11.6 Å². The Morgan fingerprint density at radius 2 is 1.69 bits per heavy atom. The van der Waals surface area contributed by atoms with Crippen molar-refractivity contribution in [1.82, 2.24) is 0 Å². The molecule has 16 heavy (non-hydrogen) atoms. The fraction of sp³-hybridized carbons (Fsp3) is 0.600. The summed E-state index contributed by atoms with van der Waals surface area (Å²) >= 11 is 6.26. The predicted octanol–water partition coefficient (Wildman–Crippen LogP) is 5.52. The van der Waals surface area contributed by atoms with Gasteiger partial charge in [0.25, 0.3) is 0 Å². The van der Waals surface area contributed by atoms with Crippen molar-refractivity contribution in [1.29, 1.82) is 0 Å². The van der Waals surface area contributed by atoms with Crippen LogP contribution < -0.4 is 0 Å². The molecule has 0 heterocycles. The van der Waals surface area contributed by atoms with E-state index in [0.29, 0.717) is 11.3 Å². The summed E-state index contributed by atoms with van der Waals surface area (Å²) < 4.78 is 0. The molecule has 1 atom stereocenters. The van der Waals surface area contributed by atoms with Crippen LogP contribution in [0.1, 0.15) is 52.5 Å². The first-order valence-electron chi connectivity index (χ1n) is 6.09. The lowest BCUT2D eigenvalue weighted by Crippen LogP contribution is -2.22. The summed E-state index contributed by atoms with van der Waals surface area (Å²) in [5.41, 5.74) is 1.56. The number of hydrogen-bond acceptors (Lipinski definition) is 0. The molecule has 0 aliphatic rings. The first-order valence-corrected chi connectivity index (χ1v) is 6.47. The van der Waals surface area contributed by atoms with Crippen LogP contribution in [0, 0.1) is 11.3 Å². The quantitative estimate of drug-likeness (QED) is 0.648. The number of benzene rings is 1. The van der Waals surface area contributed by atoms with Crippen molar-refractivity contribution in [2.75, 3.05) is 0 Å². The second-order valence-electron chi connectivity index (χ2n) is 5.83. The first kappa shape index (κ1) is 13.6. The van der Waals surface area contributed by atoms with Crippen molar-refractivity contribution >= 4 is 11.6 Å². The van der Waals surface area contributed by atoms with Gasteiger partial charge < -0.3 is 0 Å². The molecule has 0 amide bonds. The second-order valence-corrected chi connectivity index (χ2v) is 6.24. The smallest absolute Gasteiger partial charge is 0.0440 e. The maximum Gasteiger partial charge on any atom is 0.0440 e. The van der Waals surface area contributed by atoms with Gasteiger partial charge in [-0.05, 0) is 35.3 Å². The van der Waals surface area contributed by atoms with E-state index in [0.717, 1.165) is 10.9 Å². The van der Waals surface area contributed by atoms with Crippen LogP contribution in [0.5, 0.6) is 0 Å². The van der Waals surface area contributed by atoms with Crippen LogP contribution in [-0.2, 0) is 0 Å². The minimum atomic E-state index is 0.291. The largest absolute Gasteiger partial charge is 0.0840 e. The van der Waals surface area contributed by atoms with Crippen LogP contribution in [0.25, 0.3) is 0 Å². The van der Waals surface area contributed by atoms with Gasteiger partial charge in [0.05, 0.1) is 0 Å². The molecule has 0 spiro atoms. The van der Waals surface area contributed by atoms with Crippen molar-refractivity contribution in [3.8, 4) is 0 Å². The van der Waals surface area contributed by atoms with Crippen LogP contribution in [-0.4, -0.2) is 0 Å². The maximum absolute atomic E-state index is 6.26. The highest BCUT2D eigenvalue weighted by Crippen LogP contribution is 2.42. The normalized spacial score (nSPS) is 14.2. The molecule has 1 aromatic carbocycles. The molecule has 0 aliphatic carbocycles. The van der Waals surface area contributed by atoms with Crippen molar-refractivity contribution in [3.63, 3.8) is 0 Å². The average molecular weight is 239 g/mol. The molecule has 0 fully saturated rings. The van der Waals surface area contributed by atoms with Gasteiger partial charge >= 0.3 is 0 Å². The predicted molar refractivity (Wildman–Crippen MR) is 73.1 cm³/mol. The zero-order valence-electron chi connectivity index (χ0n) is 11.0. The third-order valence-corrected chi connectivity index (χ3v) is 3.82. The number of hydrogen-bond donors (Lipinski definition) is 0. The highest BCUT2D eigenvalue weighted by molar-refractivity contribution is 6.31. The van der Waals surface area contributed by atoms with Gasteiger partial charge in [-0.15, -0.1) is 0 Å². The molecule has 0 bridgehead atoms. The summed E-state index contributed by atoms with van der Waals surface area (Å²) in [6.07, 6.45) is 1.22. The molecule has 1 unspecified atom stereocenters. The lowest BCUT2D eigenvalue weighted by Gasteiger charge is -2.34. The molecule has 1 aromatic rings. The Morgan fingerprint density at radius 3 is 2.19 bits per heavy atom. The molecule has 0 saturated heterocycles. The van der Waals surface area contributed by atoms with E-state index in [1.54, 1.807) is 0 Å². The van der Waals surface area contributed by atoms with Crippen LogP contribution in [0.4, 0.5) is 0 Å². The number of halogens is 1. The molecule has 0 radical (unpaired) electrons. The minimum Gasteiger partial charge on any atom is -0.0840 e. The molecule has 1 heteroatoms. The average Bonchev–Trinajstić information content (AvgIpc) is 2.15. The summed E-state index contributed by atoms with van der Waals surface area (Å²) in [6, 6.07) is 8.20. The summed E-state index contributed by atoms with van der Waals surface area (Å²) in [6.45, 7) is 11.5. The minimum absolute atomic E-state index is 0.291. The molecule has 0 nitrogen and oxygen atoms in total. The molecule has 0 aliphatic heterocycles. The van der Waals surface area contributed by atoms with Gasteiger partial charge in [-0.3, -0.25) is 0 Å². The number of rotatable bonds is 4. The third kappa shape index (κ3) is 3.25. The van der Waals surface area contributed by atoms with E-state index in [4.69, 9.17) is 11.6 Å². The first-order chi connectivity index (χ1) is 7.34. The van der Waals surface area contributed by atoms with Crippen molar-refractivity contribution in [2.45, 2.75) is 47.0 Å². The Kier molecular flexibility index (Phi) is 4.43. The highest BCUT2D eigenvalue weighted by atomic mass is 35.5. The molecular formula is C15H23Cl. The summed E-state index contributed by atoms with van der Waals surface area (Å²) in [7, 11) is 0. The molecule has 1 rings (SSSR count). The van der Waals surface area contributed by atoms with E-state index in [1.807, 2.05) is 12.1 Å². The molecular weight excluding hydrogens is 216 g/mol. The fourth-order valence-corrected chi connectivity index (χ4v) is 2.78. The Hall–Kier alpha value is -0.490. The zero-order valence-corrected chi connectivity index (χ0v) is 11.8. The monoisotopic (exact) mass is 238 g/mol. The highest BCUT2D eigenvalue weighted by Gasteiger charge is 2.28. The Morgan fingerprint density at radius 1 is 1.12 bits per heavy atom. The topological polar surface area (TPSA) is 0 Å². The third-order valence-electron chi connectivity index (χ3n) is 3.48. The Bertz CT molecular complexity index is 339. The lowest BCUT2D eigenvalue weighted by atomic mass is 9.71. The van der Waals surface area contributed by atoms with Crippen molar-refractivity contribution < 1.29 is 0 Å². The van der Waals surface area contributed by atoms with Gasteiger partial charge in [0, 0.05) is 5.02 Å². The van der Waals surface area contributed by atoms with Gasteiger partial charge in [0.1, 0.15) is 0 Å². The van der Waals surface area contributed by atoms with Gasteiger partial charge in [0.2, 0.25) is 0 Å². The SMILES string of the molecule is CC(C)CC(C)(C)C(C)c1ccccc1Cl. The lowest BCUT2D eigenvalue weighted by molar-refractivity contribution is 0.239. The van der Waals surface area contributed by atoms with Gasteiger partial charge in [-0.2, -0.15) is 0 Å². The van der Waals surface area contributed by atoms with E-state index in [-0.39, 0.29) is 0 Å². The summed E-state index contributed by atoms with van der Waals surface area (Å²) in [5, 5.41) is 0.895. The second kappa shape index (κ2) is 5.23. The van der Waals surface area contributed by atoms with Crippen molar-refractivity contribution in [2.24, 2.45) is 11.3 Å². The maximum atomic E-state index is 6.26. The van der Waals surface area contributed by atoms with E-state index < -0.39 is 0 Å². The molecule has 0 saturated carbocycles. The van der Waals surface area contributed by atoms with E-state index >= 15 is 0 Å². The van der Waals surface area contributed by atoms with Gasteiger partial charge in [-0.1, -0.05) is 64.4 Å². The van der Waals surface area contributed by atoms with Crippen molar-refractivity contribution in [3.05, 3.63) is 34.9 Å².